The molecule has 0 fully saturated rings. The zero-order chi connectivity index (χ0) is 14.3. The van der Waals surface area contributed by atoms with Crippen molar-refractivity contribution in [2.75, 3.05) is 12.1 Å². The van der Waals surface area contributed by atoms with Crippen LogP contribution in [0.1, 0.15) is 24.2 Å². The minimum absolute atomic E-state index is 0.0460. The highest BCUT2D eigenvalue weighted by Gasteiger charge is 2.12. The first-order valence-corrected chi connectivity index (χ1v) is 5.55. The Morgan fingerprint density at radius 1 is 1.42 bits per heavy atom. The maximum atomic E-state index is 11.1. The Morgan fingerprint density at radius 3 is 2.74 bits per heavy atom. The van der Waals surface area contributed by atoms with Gasteiger partial charge in [-0.3, -0.25) is 4.79 Å². The summed E-state index contributed by atoms with van der Waals surface area (Å²) in [7, 11) is 0. The van der Waals surface area contributed by atoms with E-state index in [0.29, 0.717) is 5.69 Å². The van der Waals surface area contributed by atoms with Gasteiger partial charge in [-0.1, -0.05) is 6.08 Å². The van der Waals surface area contributed by atoms with Gasteiger partial charge in [0.1, 0.15) is 11.3 Å². The Balaban J connectivity index is 2.85. The number of nitrogens with one attached hydrogen (secondary N) is 1. The zero-order valence-electron chi connectivity index (χ0n) is 10.7. The van der Waals surface area contributed by atoms with Crippen molar-refractivity contribution in [3.63, 3.8) is 0 Å². The van der Waals surface area contributed by atoms with Crippen LogP contribution in [0.4, 0.5) is 5.69 Å². The van der Waals surface area contributed by atoms with Gasteiger partial charge in [-0.05, 0) is 25.1 Å². The first kappa shape index (κ1) is 14.6. The average Bonchev–Trinajstić information content (AvgIpc) is 2.35. The molecule has 0 aliphatic heterocycles. The Hall–Kier alpha value is -2.50. The summed E-state index contributed by atoms with van der Waals surface area (Å²) in [6, 6.07) is 4.35. The van der Waals surface area contributed by atoms with Crippen molar-refractivity contribution >= 4 is 17.6 Å². The highest BCUT2D eigenvalue weighted by Crippen LogP contribution is 2.23. The third kappa shape index (κ3) is 4.71. The normalized spacial score (nSPS) is 10.2. The molecule has 0 radical (unpaired) electrons. The van der Waals surface area contributed by atoms with Crippen LogP contribution in [0.5, 0.6) is 5.75 Å². The predicted molar refractivity (Wildman–Crippen MR) is 69.1 cm³/mol. The molecule has 0 saturated carbocycles. The number of carbonyl (C=O) groups excluding carboxylic acids is 1. The standard InChI is InChI=1S/C13H15NO5/c1-3-6-18-8-19-12-5-4-10(14-9(2)15)7-11(12)13(16)17/h3-7H,8H2,1-2H3,(H,14,15)(H,16,17)/b6-3+. The van der Waals surface area contributed by atoms with Crippen molar-refractivity contribution in [2.45, 2.75) is 13.8 Å². The predicted octanol–water partition coefficient (Wildman–Crippen LogP) is 2.23. The molecule has 1 aromatic rings. The van der Waals surface area contributed by atoms with Crippen LogP contribution in [0.25, 0.3) is 0 Å². The topological polar surface area (TPSA) is 84.9 Å². The number of hydrogen-bond donors (Lipinski definition) is 2. The fraction of sp³-hybridized carbons (Fsp3) is 0.231. The van der Waals surface area contributed by atoms with E-state index in [1.165, 1.54) is 25.3 Å². The number of benzene rings is 1. The molecular formula is C13H15NO5. The fourth-order valence-corrected chi connectivity index (χ4v) is 1.34. The Morgan fingerprint density at radius 2 is 2.16 bits per heavy atom. The summed E-state index contributed by atoms with van der Waals surface area (Å²) < 4.78 is 10.1. The van der Waals surface area contributed by atoms with E-state index in [1.807, 2.05) is 0 Å². The zero-order valence-corrected chi connectivity index (χ0v) is 10.7. The summed E-state index contributed by atoms with van der Waals surface area (Å²) >= 11 is 0. The number of aromatic carboxylic acids is 1. The average molecular weight is 265 g/mol. The Kier molecular flexibility index (Phi) is 5.40. The molecule has 0 unspecified atom stereocenters. The molecule has 0 atom stereocenters. The van der Waals surface area contributed by atoms with E-state index in [0.717, 1.165) is 0 Å². The third-order valence-corrected chi connectivity index (χ3v) is 2.05. The lowest BCUT2D eigenvalue weighted by Crippen LogP contribution is -2.09. The van der Waals surface area contributed by atoms with Crippen molar-refractivity contribution in [1.82, 2.24) is 0 Å². The quantitative estimate of drug-likeness (QED) is 0.468. The van der Waals surface area contributed by atoms with Crippen molar-refractivity contribution in [3.8, 4) is 5.75 Å². The molecule has 1 amide bonds. The number of hydrogen-bond acceptors (Lipinski definition) is 4. The summed E-state index contributed by atoms with van der Waals surface area (Å²) in [5.41, 5.74) is 0.349. The van der Waals surface area contributed by atoms with E-state index < -0.39 is 5.97 Å². The van der Waals surface area contributed by atoms with Gasteiger partial charge in [-0.15, -0.1) is 0 Å². The molecule has 2 N–H and O–H groups in total. The van der Waals surface area contributed by atoms with Gasteiger partial charge in [-0.2, -0.15) is 0 Å². The molecule has 1 aromatic carbocycles. The second-order valence-electron chi connectivity index (χ2n) is 3.60. The number of anilines is 1. The summed E-state index contributed by atoms with van der Waals surface area (Å²) in [6.45, 7) is 3.03. The second kappa shape index (κ2) is 7.05. The lowest BCUT2D eigenvalue weighted by atomic mass is 10.2. The molecule has 0 heterocycles. The summed E-state index contributed by atoms with van der Waals surface area (Å²) in [5, 5.41) is 11.6. The molecule has 0 bridgehead atoms. The van der Waals surface area contributed by atoms with E-state index in [-0.39, 0.29) is 24.0 Å². The maximum absolute atomic E-state index is 11.1. The van der Waals surface area contributed by atoms with Gasteiger partial charge in [0.05, 0.1) is 6.26 Å². The number of carboxylic acid groups (broad SMARTS) is 1. The molecule has 0 aliphatic rings. The van der Waals surface area contributed by atoms with Crippen LogP contribution in [0.15, 0.2) is 30.5 Å². The van der Waals surface area contributed by atoms with E-state index in [2.05, 4.69) is 5.32 Å². The van der Waals surface area contributed by atoms with Crippen LogP contribution >= 0.6 is 0 Å². The minimum atomic E-state index is -1.15. The van der Waals surface area contributed by atoms with Crippen LogP contribution in [0, 0.1) is 0 Å². The van der Waals surface area contributed by atoms with E-state index in [4.69, 9.17) is 14.6 Å². The van der Waals surface area contributed by atoms with Crippen LogP contribution in [0.3, 0.4) is 0 Å². The molecule has 0 spiro atoms. The highest BCUT2D eigenvalue weighted by molar-refractivity contribution is 5.95. The molecule has 19 heavy (non-hydrogen) atoms. The van der Waals surface area contributed by atoms with Gasteiger partial charge in [0.15, 0.2) is 0 Å². The first-order valence-electron chi connectivity index (χ1n) is 5.55. The van der Waals surface area contributed by atoms with Crippen LogP contribution in [0.2, 0.25) is 0 Å². The van der Waals surface area contributed by atoms with Crippen LogP contribution in [-0.4, -0.2) is 23.8 Å². The van der Waals surface area contributed by atoms with Crippen LogP contribution < -0.4 is 10.1 Å². The number of rotatable bonds is 6. The molecule has 102 valence electrons. The van der Waals surface area contributed by atoms with Gasteiger partial charge in [-0.25, -0.2) is 4.79 Å². The lowest BCUT2D eigenvalue weighted by molar-refractivity contribution is -0.114. The first-order chi connectivity index (χ1) is 9.04. The minimum Gasteiger partial charge on any atom is -0.478 e. The third-order valence-electron chi connectivity index (χ3n) is 2.05. The lowest BCUT2D eigenvalue weighted by Gasteiger charge is -2.10. The molecule has 0 saturated heterocycles. The highest BCUT2D eigenvalue weighted by atomic mass is 16.7. The van der Waals surface area contributed by atoms with Crippen molar-refractivity contribution < 1.29 is 24.2 Å². The monoisotopic (exact) mass is 265 g/mol. The van der Waals surface area contributed by atoms with Gasteiger partial charge < -0.3 is 19.9 Å². The van der Waals surface area contributed by atoms with E-state index in [9.17, 15) is 9.59 Å². The fourth-order valence-electron chi connectivity index (χ4n) is 1.34. The molecule has 1 rings (SSSR count). The van der Waals surface area contributed by atoms with Gasteiger partial charge in [0.2, 0.25) is 12.7 Å². The van der Waals surface area contributed by atoms with Gasteiger partial charge in [0, 0.05) is 12.6 Å². The van der Waals surface area contributed by atoms with Crippen molar-refractivity contribution in [3.05, 3.63) is 36.1 Å². The van der Waals surface area contributed by atoms with E-state index >= 15 is 0 Å². The molecule has 0 aliphatic carbocycles. The largest absolute Gasteiger partial charge is 0.478 e. The SMILES string of the molecule is C/C=C/OCOc1ccc(NC(C)=O)cc1C(=O)O. The summed E-state index contributed by atoms with van der Waals surface area (Å²) in [6.07, 6.45) is 3.12. The molecule has 0 aromatic heterocycles. The van der Waals surface area contributed by atoms with E-state index in [1.54, 1.807) is 19.1 Å². The Labute approximate surface area is 110 Å². The van der Waals surface area contributed by atoms with Gasteiger partial charge in [0.25, 0.3) is 0 Å². The van der Waals surface area contributed by atoms with Crippen molar-refractivity contribution in [1.29, 1.82) is 0 Å². The number of allylic oxidation sites excluding steroid dienone is 1. The number of ether oxygens (including phenoxy) is 2. The number of carbonyl (C=O) groups is 2. The second-order valence-corrected chi connectivity index (χ2v) is 3.60. The molecular weight excluding hydrogens is 250 g/mol. The summed E-state index contributed by atoms with van der Waals surface area (Å²) in [4.78, 5) is 22.0. The van der Waals surface area contributed by atoms with Crippen molar-refractivity contribution in [2.24, 2.45) is 0 Å². The van der Waals surface area contributed by atoms with Crippen LogP contribution in [-0.2, 0) is 9.53 Å². The molecule has 6 heteroatoms. The number of amides is 1. The Bertz CT molecular complexity index is 496. The summed E-state index contributed by atoms with van der Waals surface area (Å²) in [5.74, 6) is -1.25. The van der Waals surface area contributed by atoms with Gasteiger partial charge >= 0.3 is 5.97 Å². The molecule has 6 nitrogen and oxygen atoms in total. The maximum Gasteiger partial charge on any atom is 0.339 e. The number of carboxylic acids is 1. The smallest absolute Gasteiger partial charge is 0.339 e.